The van der Waals surface area contributed by atoms with Gasteiger partial charge in [0.1, 0.15) is 0 Å². The smallest absolute Gasteiger partial charge is 0.387 e. The van der Waals surface area contributed by atoms with Crippen molar-refractivity contribution >= 4 is 5.91 Å². The number of amides is 1. The number of carbonyl (C=O) groups is 1. The molecule has 0 saturated carbocycles. The zero-order chi connectivity index (χ0) is 23.9. The van der Waals surface area contributed by atoms with E-state index in [0.717, 1.165) is 52.1 Å². The van der Waals surface area contributed by atoms with Gasteiger partial charge in [-0.3, -0.25) is 14.6 Å². The minimum absolute atomic E-state index is 0.0582. The molecule has 0 unspecified atom stereocenters. The fourth-order valence-electron chi connectivity index (χ4n) is 4.34. The summed E-state index contributed by atoms with van der Waals surface area (Å²) in [6, 6.07) is 4.50. The van der Waals surface area contributed by atoms with E-state index < -0.39 is 6.61 Å². The van der Waals surface area contributed by atoms with Crippen LogP contribution in [0, 0.1) is 0 Å². The molecule has 11 heteroatoms. The number of alkyl halides is 2. The first kappa shape index (κ1) is 24.3. The second-order valence-electron chi connectivity index (χ2n) is 8.60. The highest BCUT2D eigenvalue weighted by atomic mass is 19.3. The summed E-state index contributed by atoms with van der Waals surface area (Å²) in [5.74, 6) is 1.15. The molecule has 2 saturated heterocycles. The first-order valence-corrected chi connectivity index (χ1v) is 11.7. The van der Waals surface area contributed by atoms with Gasteiger partial charge < -0.3 is 18.9 Å². The topological polar surface area (TPSA) is 84.2 Å². The Morgan fingerprint density at radius 2 is 1.74 bits per heavy atom. The molecule has 0 bridgehead atoms. The molecule has 186 valence electrons. The van der Waals surface area contributed by atoms with E-state index >= 15 is 0 Å². The van der Waals surface area contributed by atoms with Crippen LogP contribution in [0.4, 0.5) is 8.78 Å². The predicted molar refractivity (Wildman–Crippen MR) is 120 cm³/mol. The third-order valence-electron chi connectivity index (χ3n) is 6.25. The Morgan fingerprint density at radius 1 is 1.03 bits per heavy atom. The number of carbonyl (C=O) groups excluding carboxylic acids is 1. The number of methoxy groups -OCH3 is 1. The lowest BCUT2D eigenvalue weighted by atomic mass is 10.2. The molecule has 2 aliphatic heterocycles. The van der Waals surface area contributed by atoms with Crippen LogP contribution in [-0.4, -0.2) is 90.3 Å². The molecular weight excluding hydrogens is 448 g/mol. The Morgan fingerprint density at radius 3 is 2.41 bits per heavy atom. The zero-order valence-corrected chi connectivity index (χ0v) is 19.4. The second kappa shape index (κ2) is 11.6. The third kappa shape index (κ3) is 6.41. The van der Waals surface area contributed by atoms with Crippen LogP contribution in [0.5, 0.6) is 11.5 Å². The summed E-state index contributed by atoms with van der Waals surface area (Å²) >= 11 is 0. The van der Waals surface area contributed by atoms with E-state index in [1.165, 1.54) is 32.1 Å². The maximum absolute atomic E-state index is 12.6. The summed E-state index contributed by atoms with van der Waals surface area (Å²) < 4.78 is 40.0. The van der Waals surface area contributed by atoms with Gasteiger partial charge in [-0.1, -0.05) is 18.0 Å². The quantitative estimate of drug-likeness (QED) is 0.572. The molecule has 0 spiro atoms. The average Bonchev–Trinajstić information content (AvgIpc) is 3.11. The minimum atomic E-state index is -2.94. The maximum Gasteiger partial charge on any atom is 0.387 e. The summed E-state index contributed by atoms with van der Waals surface area (Å²) in [6.45, 7) is 3.03. The summed E-state index contributed by atoms with van der Waals surface area (Å²) in [5.41, 5.74) is 0.574. The molecule has 1 aromatic heterocycles. The Balaban J connectivity index is 1.27. The Bertz CT molecular complexity index is 941. The first-order chi connectivity index (χ1) is 16.5. The number of likely N-dealkylation sites (tertiary alicyclic amines) is 1. The number of rotatable bonds is 8. The van der Waals surface area contributed by atoms with Gasteiger partial charge in [0, 0.05) is 44.8 Å². The van der Waals surface area contributed by atoms with Crippen molar-refractivity contribution < 1.29 is 27.6 Å². The molecule has 9 nitrogen and oxygen atoms in total. The normalized spacial score (nSPS) is 18.2. The van der Waals surface area contributed by atoms with Crippen molar-refractivity contribution in [2.45, 2.75) is 38.8 Å². The summed E-state index contributed by atoms with van der Waals surface area (Å²) in [5, 5.41) is 4.01. The number of hydrogen-bond donors (Lipinski definition) is 0. The molecule has 0 radical (unpaired) electrons. The predicted octanol–water partition coefficient (Wildman–Crippen LogP) is 2.87. The summed E-state index contributed by atoms with van der Waals surface area (Å²) in [6.07, 6.45) is 4.63. The number of aromatic nitrogens is 2. The highest BCUT2D eigenvalue weighted by molar-refractivity contribution is 5.78. The Labute approximate surface area is 197 Å². The van der Waals surface area contributed by atoms with Crippen LogP contribution in [0.3, 0.4) is 0 Å². The molecule has 3 heterocycles. The zero-order valence-electron chi connectivity index (χ0n) is 19.4. The standard InChI is InChI=1S/C23H31F2N5O4/c1-32-19-14-17(6-7-18(19)33-23(24)25)22-26-20(34-27-22)15-28-10-12-29(13-11-28)16-21(31)30-8-4-2-3-5-9-30/h6-7,14,23H,2-5,8-13,15-16H2,1H3. The number of ether oxygens (including phenoxy) is 2. The lowest BCUT2D eigenvalue weighted by molar-refractivity contribution is -0.132. The van der Waals surface area contributed by atoms with Crippen molar-refractivity contribution in [3.05, 3.63) is 24.1 Å². The van der Waals surface area contributed by atoms with Crippen molar-refractivity contribution in [2.24, 2.45) is 0 Å². The molecular formula is C23H31F2N5O4. The van der Waals surface area contributed by atoms with E-state index in [4.69, 9.17) is 9.26 Å². The summed E-state index contributed by atoms with van der Waals surface area (Å²) in [4.78, 5) is 23.5. The molecule has 4 rings (SSSR count). The highest BCUT2D eigenvalue weighted by Crippen LogP contribution is 2.32. The number of nitrogens with zero attached hydrogens (tertiary/aromatic N) is 5. The Kier molecular flexibility index (Phi) is 8.28. The number of halogens is 2. The lowest BCUT2D eigenvalue weighted by Gasteiger charge is -2.34. The van der Waals surface area contributed by atoms with Gasteiger partial charge in [-0.25, -0.2) is 0 Å². The van der Waals surface area contributed by atoms with Gasteiger partial charge in [-0.05, 0) is 31.0 Å². The van der Waals surface area contributed by atoms with Gasteiger partial charge in [0.2, 0.25) is 17.6 Å². The van der Waals surface area contributed by atoms with Crippen LogP contribution in [0.1, 0.15) is 31.6 Å². The van der Waals surface area contributed by atoms with E-state index in [-0.39, 0.29) is 17.4 Å². The minimum Gasteiger partial charge on any atom is -0.493 e. The second-order valence-corrected chi connectivity index (χ2v) is 8.60. The molecule has 34 heavy (non-hydrogen) atoms. The van der Waals surface area contributed by atoms with Crippen molar-refractivity contribution in [2.75, 3.05) is 52.9 Å². The highest BCUT2D eigenvalue weighted by Gasteiger charge is 2.24. The molecule has 0 atom stereocenters. The molecule has 1 aromatic carbocycles. The largest absolute Gasteiger partial charge is 0.493 e. The fourth-order valence-corrected chi connectivity index (χ4v) is 4.34. The van der Waals surface area contributed by atoms with Crippen molar-refractivity contribution in [3.8, 4) is 22.9 Å². The molecule has 2 aliphatic rings. The van der Waals surface area contributed by atoms with Gasteiger partial charge in [0.25, 0.3) is 0 Å². The van der Waals surface area contributed by atoms with Crippen LogP contribution in [0.25, 0.3) is 11.4 Å². The number of benzene rings is 1. The number of piperazine rings is 1. The van der Waals surface area contributed by atoms with Crippen molar-refractivity contribution in [1.82, 2.24) is 24.8 Å². The van der Waals surface area contributed by atoms with Gasteiger partial charge in [0.05, 0.1) is 20.2 Å². The van der Waals surface area contributed by atoms with Gasteiger partial charge in [-0.15, -0.1) is 0 Å². The van der Waals surface area contributed by atoms with E-state index in [9.17, 15) is 13.6 Å². The lowest BCUT2D eigenvalue weighted by Crippen LogP contribution is -2.49. The van der Waals surface area contributed by atoms with Crippen molar-refractivity contribution in [1.29, 1.82) is 0 Å². The van der Waals surface area contributed by atoms with Crippen LogP contribution in [0.2, 0.25) is 0 Å². The van der Waals surface area contributed by atoms with Crippen molar-refractivity contribution in [3.63, 3.8) is 0 Å². The van der Waals surface area contributed by atoms with Crippen LogP contribution in [0.15, 0.2) is 22.7 Å². The third-order valence-corrected chi connectivity index (χ3v) is 6.25. The monoisotopic (exact) mass is 479 g/mol. The SMILES string of the molecule is COc1cc(-c2noc(CN3CCN(CC(=O)N4CCCCCC4)CC3)n2)ccc1OC(F)F. The van der Waals surface area contributed by atoms with E-state index in [1.807, 2.05) is 4.90 Å². The van der Waals surface area contributed by atoms with Gasteiger partial charge in [0.15, 0.2) is 11.5 Å². The Hall–Kier alpha value is -2.79. The van der Waals surface area contributed by atoms with Crippen LogP contribution < -0.4 is 9.47 Å². The molecule has 1 amide bonds. The van der Waals surface area contributed by atoms with E-state index in [2.05, 4.69) is 24.7 Å². The first-order valence-electron chi connectivity index (χ1n) is 11.7. The molecule has 2 fully saturated rings. The average molecular weight is 480 g/mol. The van der Waals surface area contributed by atoms with Gasteiger partial charge >= 0.3 is 6.61 Å². The maximum atomic E-state index is 12.6. The van der Waals surface area contributed by atoms with Gasteiger partial charge in [-0.2, -0.15) is 13.8 Å². The molecule has 2 aromatic rings. The number of hydrogen-bond acceptors (Lipinski definition) is 8. The van der Waals surface area contributed by atoms with Crippen LogP contribution in [-0.2, 0) is 11.3 Å². The van der Waals surface area contributed by atoms with E-state index in [1.54, 1.807) is 6.07 Å². The van der Waals surface area contributed by atoms with E-state index in [0.29, 0.717) is 30.4 Å². The fraction of sp³-hybridized carbons (Fsp3) is 0.609. The van der Waals surface area contributed by atoms with Crippen LogP contribution >= 0.6 is 0 Å². The molecule has 0 aliphatic carbocycles. The molecule has 0 N–H and O–H groups in total. The summed E-state index contributed by atoms with van der Waals surface area (Å²) in [7, 11) is 1.38.